The van der Waals surface area contributed by atoms with Gasteiger partial charge in [0.2, 0.25) is 6.41 Å². The molecule has 1 aliphatic heterocycles. The molecule has 3 rings (SSSR count). The molecule has 2 aromatic rings. The number of carbonyl (C=O) groups is 3. The van der Waals surface area contributed by atoms with Crippen molar-refractivity contribution in [2.75, 3.05) is 24.7 Å². The zero-order chi connectivity index (χ0) is 25.8. The van der Waals surface area contributed by atoms with E-state index in [-0.39, 0.29) is 29.8 Å². The zero-order valence-corrected chi connectivity index (χ0v) is 21.1. The first-order chi connectivity index (χ1) is 16.5. The number of nitrogens with one attached hydrogen (secondary N) is 2. The molecule has 0 bridgehead atoms. The van der Waals surface area contributed by atoms with E-state index in [1.165, 1.54) is 11.2 Å². The highest BCUT2D eigenvalue weighted by atomic mass is 35.5. The minimum absolute atomic E-state index is 0.000562. The molecular weight excluding hydrogens is 496 g/mol. The summed E-state index contributed by atoms with van der Waals surface area (Å²) in [7, 11) is 0. The second kappa shape index (κ2) is 11.0. The van der Waals surface area contributed by atoms with Crippen molar-refractivity contribution in [3.8, 4) is 0 Å². The molecule has 0 spiro atoms. The van der Waals surface area contributed by atoms with E-state index in [2.05, 4.69) is 15.3 Å². The Bertz CT molecular complexity index is 1120. The molecule has 1 saturated heterocycles. The molecule has 1 aromatic heterocycles. The van der Waals surface area contributed by atoms with Gasteiger partial charge in [-0.15, -0.1) is 0 Å². The van der Waals surface area contributed by atoms with Gasteiger partial charge in [0.1, 0.15) is 11.3 Å². The number of benzene rings is 1. The number of morpholine rings is 1. The second-order valence-electron chi connectivity index (χ2n) is 8.73. The lowest BCUT2D eigenvalue weighted by Crippen LogP contribution is -2.46. The number of aromatic nitrogens is 2. The van der Waals surface area contributed by atoms with Gasteiger partial charge in [0.05, 0.1) is 32.1 Å². The predicted molar refractivity (Wildman–Crippen MR) is 133 cm³/mol. The number of ether oxygens (including phenoxy) is 2. The highest BCUT2D eigenvalue weighted by Crippen LogP contribution is 2.32. The van der Waals surface area contributed by atoms with Crippen LogP contribution in [0.5, 0.6) is 0 Å². The lowest BCUT2D eigenvalue weighted by molar-refractivity contribution is -0.108. The largest absolute Gasteiger partial charge is 0.444 e. The van der Waals surface area contributed by atoms with E-state index in [4.69, 9.17) is 39.0 Å². The third-order valence-corrected chi connectivity index (χ3v) is 5.67. The maximum atomic E-state index is 13.0. The first-order valence-electron chi connectivity index (χ1n) is 10.7. The van der Waals surface area contributed by atoms with Crippen LogP contribution in [-0.4, -0.2) is 63.8 Å². The van der Waals surface area contributed by atoms with Gasteiger partial charge in [0, 0.05) is 11.6 Å². The maximum Gasteiger partial charge on any atom is 0.410 e. The molecule has 2 heterocycles. The first kappa shape index (κ1) is 26.4. The van der Waals surface area contributed by atoms with Crippen LogP contribution in [0.1, 0.15) is 48.4 Å². The van der Waals surface area contributed by atoms with E-state index >= 15 is 0 Å². The first-order valence-corrected chi connectivity index (χ1v) is 11.5. The molecule has 4 N–H and O–H groups in total. The Hall–Kier alpha value is -3.22. The van der Waals surface area contributed by atoms with Gasteiger partial charge in [-0.05, 0) is 56.2 Å². The van der Waals surface area contributed by atoms with Crippen LogP contribution >= 0.6 is 23.8 Å². The van der Waals surface area contributed by atoms with E-state index in [9.17, 15) is 14.4 Å². The number of anilines is 1. The van der Waals surface area contributed by atoms with Crippen molar-refractivity contribution in [3.63, 3.8) is 0 Å². The van der Waals surface area contributed by atoms with Gasteiger partial charge in [-0.25, -0.2) is 9.78 Å². The molecule has 1 atom stereocenters. The molecule has 13 heteroatoms. The number of hydrogen-bond acceptors (Lipinski definition) is 7. The summed E-state index contributed by atoms with van der Waals surface area (Å²) in [5, 5.41) is 2.87. The normalized spacial score (nSPS) is 15.9. The highest BCUT2D eigenvalue weighted by molar-refractivity contribution is 7.80. The molecule has 1 fully saturated rings. The second-order valence-corrected chi connectivity index (χ2v) is 9.55. The molecule has 1 aliphatic rings. The van der Waals surface area contributed by atoms with Gasteiger partial charge in [0.25, 0.3) is 5.91 Å². The average molecular weight is 523 g/mol. The molecule has 1 aromatic carbocycles. The van der Waals surface area contributed by atoms with Crippen molar-refractivity contribution in [2.24, 2.45) is 5.73 Å². The summed E-state index contributed by atoms with van der Waals surface area (Å²) in [4.78, 5) is 45.9. The van der Waals surface area contributed by atoms with Crippen molar-refractivity contribution < 1.29 is 23.9 Å². The molecular formula is C22H27ClN6O5S. The number of hydrogen-bond donors (Lipinski definition) is 3. The summed E-state index contributed by atoms with van der Waals surface area (Å²) < 4.78 is 11.3. The van der Waals surface area contributed by atoms with E-state index in [1.54, 1.807) is 43.9 Å². The summed E-state index contributed by atoms with van der Waals surface area (Å²) in [6.45, 7) is 6.37. The van der Waals surface area contributed by atoms with Crippen LogP contribution in [0.2, 0.25) is 5.02 Å². The fourth-order valence-electron chi connectivity index (χ4n) is 3.63. The number of halogens is 1. The standard InChI is InChI=1S/C22H27ClN6O5S/c1-22(2,3)34-21(32)28-6-7-33-10-16(28)15-8-14(23)5-4-13(15)9-29(20(35)27-12-30)19-17(18(24)31)25-11-26-19/h4-5,8,11-12,16H,6-7,9-10H2,1-3H3,(H2,24,31)(H,25,26)(H,27,30,35). The average Bonchev–Trinajstić information content (AvgIpc) is 3.27. The predicted octanol–water partition coefficient (Wildman–Crippen LogP) is 2.51. The summed E-state index contributed by atoms with van der Waals surface area (Å²) in [5.74, 6) is -0.605. The molecule has 188 valence electrons. The van der Waals surface area contributed by atoms with Crippen LogP contribution in [0.25, 0.3) is 0 Å². The number of H-pyrrole nitrogens is 1. The van der Waals surface area contributed by atoms with Crippen LogP contribution in [0, 0.1) is 0 Å². The van der Waals surface area contributed by atoms with E-state index < -0.39 is 23.6 Å². The van der Waals surface area contributed by atoms with Crippen molar-refractivity contribution >= 4 is 53.2 Å². The van der Waals surface area contributed by atoms with Gasteiger partial charge < -0.3 is 25.5 Å². The van der Waals surface area contributed by atoms with Crippen molar-refractivity contribution in [3.05, 3.63) is 46.4 Å². The van der Waals surface area contributed by atoms with E-state index in [1.807, 2.05) is 0 Å². The topological polar surface area (TPSA) is 143 Å². The van der Waals surface area contributed by atoms with Gasteiger partial charge in [-0.3, -0.25) is 19.4 Å². The number of nitrogens with zero attached hydrogens (tertiary/aromatic N) is 3. The lowest BCUT2D eigenvalue weighted by Gasteiger charge is -2.38. The number of imidazole rings is 1. The molecule has 0 saturated carbocycles. The molecule has 1 unspecified atom stereocenters. The Morgan fingerprint density at radius 2 is 2.20 bits per heavy atom. The van der Waals surface area contributed by atoms with Crippen molar-refractivity contribution in [2.45, 2.75) is 39.0 Å². The zero-order valence-electron chi connectivity index (χ0n) is 19.5. The number of carbonyl (C=O) groups excluding carboxylic acids is 3. The molecule has 3 amide bonds. The van der Waals surface area contributed by atoms with Gasteiger partial charge >= 0.3 is 6.09 Å². The number of thiocarbonyl (C=S) groups is 1. The summed E-state index contributed by atoms with van der Waals surface area (Å²) in [6.07, 6.45) is 1.25. The molecule has 0 radical (unpaired) electrons. The number of nitrogens with two attached hydrogens (primary N) is 1. The Balaban J connectivity index is 2.03. The maximum absolute atomic E-state index is 13.0. The van der Waals surface area contributed by atoms with Gasteiger partial charge in [-0.1, -0.05) is 17.7 Å². The lowest BCUT2D eigenvalue weighted by atomic mass is 9.98. The van der Waals surface area contributed by atoms with Crippen LogP contribution in [0.3, 0.4) is 0 Å². The SMILES string of the molecule is CC(C)(C)OC(=O)N1CCOCC1c1cc(Cl)ccc1CN(C(=S)NC=O)c1nc[nH]c1C(N)=O. The summed E-state index contributed by atoms with van der Waals surface area (Å²) in [6, 6.07) is 4.70. The Morgan fingerprint density at radius 1 is 1.46 bits per heavy atom. The van der Waals surface area contributed by atoms with Crippen LogP contribution in [0.15, 0.2) is 24.5 Å². The van der Waals surface area contributed by atoms with Gasteiger partial charge in [0.15, 0.2) is 10.9 Å². The molecule has 0 aliphatic carbocycles. The Labute approximate surface area is 212 Å². The third-order valence-electron chi connectivity index (χ3n) is 5.10. The monoisotopic (exact) mass is 522 g/mol. The fraction of sp³-hybridized carbons (Fsp3) is 0.409. The summed E-state index contributed by atoms with van der Waals surface area (Å²) >= 11 is 11.7. The third kappa shape index (κ3) is 6.47. The minimum Gasteiger partial charge on any atom is -0.444 e. The van der Waals surface area contributed by atoms with E-state index in [0.717, 1.165) is 0 Å². The van der Waals surface area contributed by atoms with Crippen molar-refractivity contribution in [1.82, 2.24) is 20.2 Å². The molecule has 35 heavy (non-hydrogen) atoms. The number of primary amides is 1. The summed E-state index contributed by atoms with van der Waals surface area (Å²) in [5.41, 5.74) is 6.21. The van der Waals surface area contributed by atoms with Crippen LogP contribution < -0.4 is 16.0 Å². The van der Waals surface area contributed by atoms with Crippen molar-refractivity contribution in [1.29, 1.82) is 0 Å². The fourth-order valence-corrected chi connectivity index (χ4v) is 4.01. The number of aromatic amines is 1. The Kier molecular flexibility index (Phi) is 8.30. The van der Waals surface area contributed by atoms with Crippen LogP contribution in [0.4, 0.5) is 10.6 Å². The molecule has 11 nitrogen and oxygen atoms in total. The number of amides is 3. The quantitative estimate of drug-likeness (QED) is 0.388. The van der Waals surface area contributed by atoms with E-state index in [0.29, 0.717) is 35.7 Å². The smallest absolute Gasteiger partial charge is 0.410 e. The Morgan fingerprint density at radius 3 is 2.86 bits per heavy atom. The number of rotatable bonds is 6. The minimum atomic E-state index is -0.746. The van der Waals surface area contributed by atoms with Crippen LogP contribution in [-0.2, 0) is 20.8 Å². The highest BCUT2D eigenvalue weighted by Gasteiger charge is 2.34. The van der Waals surface area contributed by atoms with Gasteiger partial charge in [-0.2, -0.15) is 0 Å².